The molecular formula is C22H28IN3O2. The monoisotopic (exact) mass is 493 g/mol. The molecule has 0 atom stereocenters. The fourth-order valence-electron chi connectivity index (χ4n) is 2.53. The van der Waals surface area contributed by atoms with Crippen molar-refractivity contribution in [3.63, 3.8) is 0 Å². The van der Waals surface area contributed by atoms with Gasteiger partial charge in [0.05, 0.1) is 13.7 Å². The van der Waals surface area contributed by atoms with Crippen LogP contribution in [0.15, 0.2) is 53.5 Å². The first-order chi connectivity index (χ1) is 13.3. The van der Waals surface area contributed by atoms with Crippen molar-refractivity contribution in [1.82, 2.24) is 10.6 Å². The minimum Gasteiger partial charge on any atom is -0.493 e. The van der Waals surface area contributed by atoms with Gasteiger partial charge in [-0.2, -0.15) is 0 Å². The molecule has 0 spiro atoms. The lowest BCUT2D eigenvalue weighted by Crippen LogP contribution is -2.38. The van der Waals surface area contributed by atoms with Crippen LogP contribution in [0, 0.1) is 12.3 Å². The maximum absolute atomic E-state index is 5.55. The average molecular weight is 493 g/mol. The average Bonchev–Trinajstić information content (AvgIpc) is 2.71. The molecule has 0 aliphatic carbocycles. The number of guanidine groups is 1. The number of rotatable bonds is 9. The van der Waals surface area contributed by atoms with Crippen molar-refractivity contribution in [3.05, 3.63) is 59.7 Å². The van der Waals surface area contributed by atoms with E-state index >= 15 is 0 Å². The summed E-state index contributed by atoms with van der Waals surface area (Å²) < 4.78 is 10.8. The van der Waals surface area contributed by atoms with E-state index in [1.807, 2.05) is 31.2 Å². The summed E-state index contributed by atoms with van der Waals surface area (Å²) in [7, 11) is 1.61. The van der Waals surface area contributed by atoms with Crippen molar-refractivity contribution < 1.29 is 9.47 Å². The fraction of sp³-hybridized carbons (Fsp3) is 0.318. The molecule has 0 bridgehead atoms. The number of terminal acetylenes is 1. The first-order valence-corrected chi connectivity index (χ1v) is 9.06. The lowest BCUT2D eigenvalue weighted by Gasteiger charge is -2.12. The van der Waals surface area contributed by atoms with Crippen LogP contribution in [0.4, 0.5) is 0 Å². The van der Waals surface area contributed by atoms with Gasteiger partial charge < -0.3 is 20.1 Å². The molecule has 0 heterocycles. The van der Waals surface area contributed by atoms with E-state index in [9.17, 15) is 0 Å². The molecule has 0 unspecified atom stereocenters. The summed E-state index contributed by atoms with van der Waals surface area (Å²) in [6.45, 7) is 4.39. The largest absolute Gasteiger partial charge is 0.493 e. The van der Waals surface area contributed by atoms with Gasteiger partial charge in [-0.1, -0.05) is 42.3 Å². The normalized spacial score (nSPS) is 10.4. The van der Waals surface area contributed by atoms with E-state index in [2.05, 4.69) is 45.8 Å². The maximum atomic E-state index is 5.55. The minimum atomic E-state index is 0. The predicted molar refractivity (Wildman–Crippen MR) is 126 cm³/mol. The number of benzene rings is 2. The first-order valence-electron chi connectivity index (χ1n) is 9.06. The van der Waals surface area contributed by atoms with Gasteiger partial charge in [0.15, 0.2) is 17.5 Å². The van der Waals surface area contributed by atoms with Crippen LogP contribution in [0.3, 0.4) is 0 Å². The summed E-state index contributed by atoms with van der Waals surface area (Å²) in [5.41, 5.74) is 2.31. The Labute approximate surface area is 185 Å². The van der Waals surface area contributed by atoms with Crippen LogP contribution >= 0.6 is 24.0 Å². The molecule has 0 aliphatic heterocycles. The Kier molecular flexibility index (Phi) is 11.6. The van der Waals surface area contributed by atoms with Crippen molar-refractivity contribution in [2.45, 2.75) is 19.9 Å². The van der Waals surface area contributed by atoms with Crippen molar-refractivity contribution >= 4 is 29.9 Å². The van der Waals surface area contributed by atoms with Crippen molar-refractivity contribution in [2.75, 3.05) is 26.8 Å². The van der Waals surface area contributed by atoms with Crippen LogP contribution in [0.1, 0.15) is 18.1 Å². The Morgan fingerprint density at radius 1 is 1.07 bits per heavy atom. The first kappa shape index (κ1) is 23.6. The van der Waals surface area contributed by atoms with E-state index in [1.54, 1.807) is 7.11 Å². The van der Waals surface area contributed by atoms with Crippen molar-refractivity contribution in [1.29, 1.82) is 0 Å². The molecule has 2 N–H and O–H groups in total. The third-order valence-electron chi connectivity index (χ3n) is 3.85. The Bertz CT molecular complexity index is 773. The summed E-state index contributed by atoms with van der Waals surface area (Å²) in [6, 6.07) is 16.1. The summed E-state index contributed by atoms with van der Waals surface area (Å²) in [5, 5.41) is 6.63. The second-order valence-electron chi connectivity index (χ2n) is 5.84. The Balaban J connectivity index is 0.00000392. The van der Waals surface area contributed by atoms with Crippen LogP contribution in [0.5, 0.6) is 11.5 Å². The number of nitrogens with zero attached hydrogens (tertiary/aromatic N) is 1. The van der Waals surface area contributed by atoms with Crippen LogP contribution in [-0.2, 0) is 13.0 Å². The second kappa shape index (κ2) is 13.7. The number of hydrogen-bond acceptors (Lipinski definition) is 3. The smallest absolute Gasteiger partial charge is 0.191 e. The standard InChI is InChI=1S/C22H27N3O2.HI/c1-4-15-27-21-16-19(11-12-20(21)26-3)17-25-22(23-5-2)24-14-13-18-9-7-6-8-10-18;/h1,6-12,16H,5,13-15,17H2,2-3H3,(H2,23,24,25);1H. The molecule has 0 amide bonds. The van der Waals surface area contributed by atoms with Gasteiger partial charge >= 0.3 is 0 Å². The lowest BCUT2D eigenvalue weighted by atomic mass is 10.1. The summed E-state index contributed by atoms with van der Waals surface area (Å²) in [6.07, 6.45) is 6.21. The van der Waals surface area contributed by atoms with Gasteiger partial charge in [-0.05, 0) is 36.6 Å². The SMILES string of the molecule is C#CCOc1cc(CN=C(NCC)NCCc2ccccc2)ccc1OC.I. The van der Waals surface area contributed by atoms with E-state index in [4.69, 9.17) is 15.9 Å². The zero-order valence-electron chi connectivity index (χ0n) is 16.4. The third-order valence-corrected chi connectivity index (χ3v) is 3.85. The third kappa shape index (κ3) is 8.09. The Morgan fingerprint density at radius 3 is 2.54 bits per heavy atom. The number of halogens is 1. The van der Waals surface area contributed by atoms with Gasteiger partial charge in [0.25, 0.3) is 0 Å². The highest BCUT2D eigenvalue weighted by atomic mass is 127. The highest BCUT2D eigenvalue weighted by Gasteiger charge is 2.06. The molecule has 2 aromatic carbocycles. The van der Waals surface area contributed by atoms with Gasteiger partial charge in [0.1, 0.15) is 6.61 Å². The Hall–Kier alpha value is -2.40. The molecule has 2 rings (SSSR count). The molecule has 0 radical (unpaired) electrons. The van der Waals surface area contributed by atoms with Gasteiger partial charge in [0.2, 0.25) is 0 Å². The fourth-order valence-corrected chi connectivity index (χ4v) is 2.53. The molecule has 0 aromatic heterocycles. The van der Waals surface area contributed by atoms with E-state index in [0.29, 0.717) is 18.0 Å². The van der Waals surface area contributed by atoms with Crippen molar-refractivity contribution in [2.24, 2.45) is 4.99 Å². The van der Waals surface area contributed by atoms with Crippen LogP contribution in [-0.4, -0.2) is 32.8 Å². The molecule has 5 nitrogen and oxygen atoms in total. The highest BCUT2D eigenvalue weighted by molar-refractivity contribution is 14.0. The topological polar surface area (TPSA) is 54.9 Å². The van der Waals surface area contributed by atoms with Gasteiger partial charge in [-0.25, -0.2) is 4.99 Å². The molecule has 28 heavy (non-hydrogen) atoms. The predicted octanol–water partition coefficient (Wildman–Crippen LogP) is 3.62. The van der Waals surface area contributed by atoms with Gasteiger partial charge in [0, 0.05) is 13.1 Å². The molecule has 150 valence electrons. The van der Waals surface area contributed by atoms with Crippen LogP contribution in [0.2, 0.25) is 0 Å². The number of hydrogen-bond donors (Lipinski definition) is 2. The molecule has 6 heteroatoms. The molecule has 0 saturated carbocycles. The number of ether oxygens (including phenoxy) is 2. The minimum absolute atomic E-state index is 0. The maximum Gasteiger partial charge on any atom is 0.191 e. The second-order valence-corrected chi connectivity index (χ2v) is 5.84. The van der Waals surface area contributed by atoms with Crippen LogP contribution in [0.25, 0.3) is 0 Å². The molecule has 2 aromatic rings. The highest BCUT2D eigenvalue weighted by Crippen LogP contribution is 2.28. The molecular weight excluding hydrogens is 465 g/mol. The van der Waals surface area contributed by atoms with Gasteiger partial charge in [-0.3, -0.25) is 0 Å². The lowest BCUT2D eigenvalue weighted by molar-refractivity contribution is 0.330. The zero-order chi connectivity index (χ0) is 19.3. The van der Waals surface area contributed by atoms with Crippen LogP contribution < -0.4 is 20.1 Å². The molecule has 0 saturated heterocycles. The summed E-state index contributed by atoms with van der Waals surface area (Å²) >= 11 is 0. The van der Waals surface area contributed by atoms with Crippen molar-refractivity contribution in [3.8, 4) is 23.8 Å². The molecule has 0 fully saturated rings. The van der Waals surface area contributed by atoms with E-state index in [1.165, 1.54) is 5.56 Å². The van der Waals surface area contributed by atoms with E-state index in [-0.39, 0.29) is 30.6 Å². The number of nitrogens with one attached hydrogen (secondary N) is 2. The molecule has 0 aliphatic rings. The van der Waals surface area contributed by atoms with E-state index in [0.717, 1.165) is 31.0 Å². The quantitative estimate of drug-likeness (QED) is 0.243. The van der Waals surface area contributed by atoms with E-state index < -0.39 is 0 Å². The Morgan fingerprint density at radius 2 is 1.86 bits per heavy atom. The number of aliphatic imine (C=N–C) groups is 1. The zero-order valence-corrected chi connectivity index (χ0v) is 18.7. The number of methoxy groups -OCH3 is 1. The summed E-state index contributed by atoms with van der Waals surface area (Å²) in [5.74, 6) is 4.54. The van der Waals surface area contributed by atoms with Gasteiger partial charge in [-0.15, -0.1) is 30.4 Å². The summed E-state index contributed by atoms with van der Waals surface area (Å²) in [4.78, 5) is 4.65.